The Labute approximate surface area is 99.1 Å². The van der Waals surface area contributed by atoms with Gasteiger partial charge >= 0.3 is 0 Å². The lowest BCUT2D eigenvalue weighted by Crippen LogP contribution is -2.13. The molecular formula is C12H16BrNO. The van der Waals surface area contributed by atoms with Crippen LogP contribution in [0.1, 0.15) is 30.0 Å². The second kappa shape index (κ2) is 4.54. The molecule has 0 aliphatic carbocycles. The van der Waals surface area contributed by atoms with E-state index < -0.39 is 0 Å². The van der Waals surface area contributed by atoms with Crippen molar-refractivity contribution >= 4 is 15.9 Å². The molecule has 1 aromatic rings. The first-order chi connectivity index (χ1) is 7.22. The molecule has 2 rings (SSSR count). The van der Waals surface area contributed by atoms with Crippen molar-refractivity contribution in [3.63, 3.8) is 0 Å². The van der Waals surface area contributed by atoms with Gasteiger partial charge in [-0.3, -0.25) is 0 Å². The molecule has 0 spiro atoms. The molecular weight excluding hydrogens is 254 g/mol. The van der Waals surface area contributed by atoms with E-state index in [1.165, 1.54) is 28.4 Å². The van der Waals surface area contributed by atoms with Gasteiger partial charge in [0.25, 0.3) is 0 Å². The van der Waals surface area contributed by atoms with Gasteiger partial charge in [0.05, 0.1) is 7.11 Å². The van der Waals surface area contributed by atoms with E-state index in [0.29, 0.717) is 6.04 Å². The molecule has 3 heteroatoms. The fourth-order valence-corrected chi connectivity index (χ4v) is 2.84. The Bertz CT molecular complexity index is 359. The summed E-state index contributed by atoms with van der Waals surface area (Å²) in [5.41, 5.74) is 2.49. The fraction of sp³-hybridized carbons (Fsp3) is 0.500. The van der Waals surface area contributed by atoms with Gasteiger partial charge in [0.2, 0.25) is 0 Å². The number of hydrogen-bond acceptors (Lipinski definition) is 2. The molecule has 1 unspecified atom stereocenters. The molecule has 0 aromatic heterocycles. The summed E-state index contributed by atoms with van der Waals surface area (Å²) in [7, 11) is 1.72. The second-order valence-electron chi connectivity index (χ2n) is 3.99. The summed E-state index contributed by atoms with van der Waals surface area (Å²) in [6.45, 7) is 3.18. The van der Waals surface area contributed by atoms with Gasteiger partial charge in [-0.15, -0.1) is 0 Å². The molecule has 0 amide bonds. The first-order valence-electron chi connectivity index (χ1n) is 5.30. The summed E-state index contributed by atoms with van der Waals surface area (Å²) >= 11 is 3.62. The van der Waals surface area contributed by atoms with Crippen LogP contribution in [-0.4, -0.2) is 13.7 Å². The van der Waals surface area contributed by atoms with Crippen LogP contribution in [0.2, 0.25) is 0 Å². The van der Waals surface area contributed by atoms with Gasteiger partial charge in [-0.05, 0) is 49.6 Å². The Hall–Kier alpha value is -0.540. The molecule has 1 fully saturated rings. The summed E-state index contributed by atoms with van der Waals surface area (Å²) < 4.78 is 6.53. The predicted molar refractivity (Wildman–Crippen MR) is 65.4 cm³/mol. The average Bonchev–Trinajstić information content (AvgIpc) is 2.71. The van der Waals surface area contributed by atoms with Gasteiger partial charge in [-0.2, -0.15) is 0 Å². The monoisotopic (exact) mass is 269 g/mol. The van der Waals surface area contributed by atoms with Crippen LogP contribution >= 0.6 is 15.9 Å². The molecule has 1 heterocycles. The van der Waals surface area contributed by atoms with Gasteiger partial charge in [-0.1, -0.05) is 15.9 Å². The van der Waals surface area contributed by atoms with E-state index in [0.717, 1.165) is 12.3 Å². The number of nitrogens with one attached hydrogen (secondary N) is 1. The third-order valence-electron chi connectivity index (χ3n) is 2.95. The van der Waals surface area contributed by atoms with Gasteiger partial charge in [0.15, 0.2) is 0 Å². The minimum Gasteiger partial charge on any atom is -0.496 e. The van der Waals surface area contributed by atoms with Crippen LogP contribution in [0.3, 0.4) is 0 Å². The lowest BCUT2D eigenvalue weighted by Gasteiger charge is -2.15. The Kier molecular flexibility index (Phi) is 3.32. The van der Waals surface area contributed by atoms with Crippen LogP contribution in [0.5, 0.6) is 5.75 Å². The van der Waals surface area contributed by atoms with E-state index in [1.807, 2.05) is 0 Å². The summed E-state index contributed by atoms with van der Waals surface area (Å²) in [4.78, 5) is 0. The van der Waals surface area contributed by atoms with E-state index in [9.17, 15) is 0 Å². The standard InChI is InChI=1S/C12H16BrNO/c1-8-6-10(13)9(7-12(8)15-2)11-4-3-5-14-11/h6-7,11,14H,3-5H2,1-2H3. The Balaban J connectivity index is 2.37. The van der Waals surface area contributed by atoms with Gasteiger partial charge in [0, 0.05) is 10.5 Å². The minimum absolute atomic E-state index is 0.480. The highest BCUT2D eigenvalue weighted by Crippen LogP contribution is 2.34. The predicted octanol–water partition coefficient (Wildman–Crippen LogP) is 3.19. The lowest BCUT2D eigenvalue weighted by molar-refractivity contribution is 0.410. The van der Waals surface area contributed by atoms with Crippen LogP contribution in [0, 0.1) is 6.92 Å². The third-order valence-corrected chi connectivity index (χ3v) is 3.64. The molecule has 1 atom stereocenters. The fourth-order valence-electron chi connectivity index (χ4n) is 2.11. The zero-order chi connectivity index (χ0) is 10.8. The number of rotatable bonds is 2. The molecule has 82 valence electrons. The highest BCUT2D eigenvalue weighted by molar-refractivity contribution is 9.10. The SMILES string of the molecule is COc1cc(C2CCCN2)c(Br)cc1C. The molecule has 2 nitrogen and oxygen atoms in total. The molecule has 1 N–H and O–H groups in total. The number of ether oxygens (including phenoxy) is 1. The van der Waals surface area contributed by atoms with E-state index in [-0.39, 0.29) is 0 Å². The molecule has 0 saturated carbocycles. The van der Waals surface area contributed by atoms with E-state index in [4.69, 9.17) is 4.74 Å². The van der Waals surface area contributed by atoms with Crippen molar-refractivity contribution in [3.8, 4) is 5.75 Å². The first-order valence-corrected chi connectivity index (χ1v) is 6.09. The first kappa shape index (κ1) is 11.0. The van der Waals surface area contributed by atoms with Gasteiger partial charge < -0.3 is 10.1 Å². The molecule has 1 aliphatic rings. The molecule has 15 heavy (non-hydrogen) atoms. The number of hydrogen-bond donors (Lipinski definition) is 1. The van der Waals surface area contributed by atoms with Crippen LogP contribution in [0.15, 0.2) is 16.6 Å². The highest BCUT2D eigenvalue weighted by Gasteiger charge is 2.19. The quantitative estimate of drug-likeness (QED) is 0.891. The van der Waals surface area contributed by atoms with Gasteiger partial charge in [-0.25, -0.2) is 0 Å². The topological polar surface area (TPSA) is 21.3 Å². The Morgan fingerprint density at radius 2 is 2.27 bits per heavy atom. The van der Waals surface area contributed by atoms with Crippen molar-refractivity contribution in [1.29, 1.82) is 0 Å². The summed E-state index contributed by atoms with van der Waals surface area (Å²) in [6.07, 6.45) is 2.47. The number of aryl methyl sites for hydroxylation is 1. The lowest BCUT2D eigenvalue weighted by atomic mass is 10.0. The van der Waals surface area contributed by atoms with Crippen molar-refractivity contribution in [2.75, 3.05) is 13.7 Å². The van der Waals surface area contributed by atoms with Crippen LogP contribution in [0.4, 0.5) is 0 Å². The zero-order valence-electron chi connectivity index (χ0n) is 9.14. The van der Waals surface area contributed by atoms with Crippen LogP contribution in [0.25, 0.3) is 0 Å². The molecule has 1 aromatic carbocycles. The van der Waals surface area contributed by atoms with Crippen molar-refractivity contribution in [1.82, 2.24) is 5.32 Å². The molecule has 1 saturated heterocycles. The van der Waals surface area contributed by atoms with Crippen molar-refractivity contribution in [2.45, 2.75) is 25.8 Å². The second-order valence-corrected chi connectivity index (χ2v) is 4.85. The number of halogens is 1. The van der Waals surface area contributed by atoms with Crippen molar-refractivity contribution < 1.29 is 4.74 Å². The highest BCUT2D eigenvalue weighted by atomic mass is 79.9. The summed E-state index contributed by atoms with van der Waals surface area (Å²) in [5.74, 6) is 0.974. The van der Waals surface area contributed by atoms with E-state index in [1.54, 1.807) is 7.11 Å². The van der Waals surface area contributed by atoms with Gasteiger partial charge in [0.1, 0.15) is 5.75 Å². The van der Waals surface area contributed by atoms with Crippen molar-refractivity contribution in [2.24, 2.45) is 0 Å². The van der Waals surface area contributed by atoms with Crippen LogP contribution in [-0.2, 0) is 0 Å². The van der Waals surface area contributed by atoms with E-state index >= 15 is 0 Å². The maximum absolute atomic E-state index is 5.35. The van der Waals surface area contributed by atoms with Crippen LogP contribution < -0.4 is 10.1 Å². The maximum atomic E-state index is 5.35. The third kappa shape index (κ3) is 2.18. The Morgan fingerprint density at radius 1 is 1.47 bits per heavy atom. The van der Waals surface area contributed by atoms with E-state index in [2.05, 4.69) is 40.3 Å². The smallest absolute Gasteiger partial charge is 0.122 e. The maximum Gasteiger partial charge on any atom is 0.122 e. The largest absolute Gasteiger partial charge is 0.496 e. The minimum atomic E-state index is 0.480. The number of methoxy groups -OCH3 is 1. The van der Waals surface area contributed by atoms with Crippen molar-refractivity contribution in [3.05, 3.63) is 27.7 Å². The summed E-state index contributed by atoms with van der Waals surface area (Å²) in [6, 6.07) is 4.75. The molecule has 1 aliphatic heterocycles. The molecule has 0 bridgehead atoms. The molecule has 0 radical (unpaired) electrons. The normalized spacial score (nSPS) is 20.6. The average molecular weight is 270 g/mol. The number of benzene rings is 1. The summed E-state index contributed by atoms with van der Waals surface area (Å²) in [5, 5.41) is 3.50. The zero-order valence-corrected chi connectivity index (χ0v) is 10.7. The Morgan fingerprint density at radius 3 is 2.87 bits per heavy atom.